The summed E-state index contributed by atoms with van der Waals surface area (Å²) in [6, 6.07) is 18.4. The smallest absolute Gasteiger partial charge is 0.335 e. The molecule has 186 valence electrons. The Morgan fingerprint density at radius 1 is 0.889 bits per heavy atom. The number of carboxylic acids is 1. The van der Waals surface area contributed by atoms with E-state index in [1.807, 2.05) is 12.1 Å². The van der Waals surface area contributed by atoms with Crippen molar-refractivity contribution in [3.63, 3.8) is 0 Å². The van der Waals surface area contributed by atoms with E-state index in [4.69, 9.17) is 14.2 Å². The second-order valence-electron chi connectivity index (χ2n) is 8.26. The molecule has 0 radical (unpaired) electrons. The Kier molecular flexibility index (Phi) is 7.15. The van der Waals surface area contributed by atoms with Crippen LogP contribution in [0.25, 0.3) is 5.57 Å². The van der Waals surface area contributed by atoms with E-state index in [2.05, 4.69) is 0 Å². The second kappa shape index (κ2) is 10.4. The number of hydrogen-bond donors (Lipinski definition) is 2. The van der Waals surface area contributed by atoms with Crippen LogP contribution < -0.4 is 14.2 Å². The molecule has 0 saturated heterocycles. The SMILES string of the molecule is COc1ccc(C2=C(O)C(=O)N(CCc3ccc(OC)c(OC)c3)[C@@H]2c2ccc(C(=O)O)cc2)cc1. The van der Waals surface area contributed by atoms with Crippen LogP contribution >= 0.6 is 0 Å². The van der Waals surface area contributed by atoms with Gasteiger partial charge in [-0.2, -0.15) is 0 Å². The minimum Gasteiger partial charge on any atom is -0.503 e. The van der Waals surface area contributed by atoms with E-state index in [1.54, 1.807) is 68.7 Å². The van der Waals surface area contributed by atoms with Crippen LogP contribution in [0, 0.1) is 0 Å². The summed E-state index contributed by atoms with van der Waals surface area (Å²) in [5.74, 6) is -0.0215. The first-order chi connectivity index (χ1) is 17.4. The fourth-order valence-corrected chi connectivity index (χ4v) is 4.39. The third-order valence-electron chi connectivity index (χ3n) is 6.27. The zero-order valence-electron chi connectivity index (χ0n) is 20.2. The van der Waals surface area contributed by atoms with E-state index in [0.29, 0.717) is 46.9 Å². The number of carbonyl (C=O) groups is 2. The van der Waals surface area contributed by atoms with Gasteiger partial charge in [0, 0.05) is 12.1 Å². The Morgan fingerprint density at radius 3 is 2.14 bits per heavy atom. The molecule has 2 N–H and O–H groups in total. The largest absolute Gasteiger partial charge is 0.503 e. The van der Waals surface area contributed by atoms with Crippen molar-refractivity contribution in [2.24, 2.45) is 0 Å². The van der Waals surface area contributed by atoms with Crippen LogP contribution in [0.3, 0.4) is 0 Å². The quantitative estimate of drug-likeness (QED) is 0.456. The fourth-order valence-electron chi connectivity index (χ4n) is 4.39. The number of methoxy groups -OCH3 is 3. The molecule has 8 nitrogen and oxygen atoms in total. The molecule has 0 fully saturated rings. The third kappa shape index (κ3) is 4.70. The molecule has 1 aliphatic heterocycles. The first-order valence-electron chi connectivity index (χ1n) is 11.3. The van der Waals surface area contributed by atoms with Gasteiger partial charge in [0.2, 0.25) is 0 Å². The predicted octanol–water partition coefficient (Wildman–Crippen LogP) is 4.51. The average Bonchev–Trinajstić information content (AvgIpc) is 3.16. The lowest BCUT2D eigenvalue weighted by atomic mass is 9.92. The van der Waals surface area contributed by atoms with Crippen molar-refractivity contribution in [2.75, 3.05) is 27.9 Å². The van der Waals surface area contributed by atoms with E-state index >= 15 is 0 Å². The Hall–Kier alpha value is -4.46. The summed E-state index contributed by atoms with van der Waals surface area (Å²) in [6.07, 6.45) is 0.499. The molecule has 0 spiro atoms. The second-order valence-corrected chi connectivity index (χ2v) is 8.26. The van der Waals surface area contributed by atoms with Gasteiger partial charge >= 0.3 is 5.97 Å². The number of aliphatic hydroxyl groups excluding tert-OH is 1. The summed E-state index contributed by atoms with van der Waals surface area (Å²) in [7, 11) is 4.69. The van der Waals surface area contributed by atoms with Crippen LogP contribution in [0.4, 0.5) is 0 Å². The van der Waals surface area contributed by atoms with E-state index in [-0.39, 0.29) is 11.3 Å². The zero-order valence-corrected chi connectivity index (χ0v) is 20.2. The summed E-state index contributed by atoms with van der Waals surface area (Å²) < 4.78 is 15.9. The molecule has 3 aromatic carbocycles. The van der Waals surface area contributed by atoms with Gasteiger partial charge < -0.3 is 29.3 Å². The number of hydrogen-bond acceptors (Lipinski definition) is 6. The number of rotatable bonds is 9. The van der Waals surface area contributed by atoms with Gasteiger partial charge in [-0.1, -0.05) is 30.3 Å². The Labute approximate surface area is 209 Å². The van der Waals surface area contributed by atoms with E-state index in [0.717, 1.165) is 5.56 Å². The standard InChI is InChI=1S/C28H27NO7/c1-34-21-11-9-18(10-12-21)24-25(19-5-7-20(8-6-19)28(32)33)29(27(31)26(24)30)15-14-17-4-13-22(35-2)23(16-17)36-3/h4-13,16,25,30H,14-15H2,1-3H3,(H,32,33)/t25-/m1/s1. The molecule has 1 atom stereocenters. The number of benzene rings is 3. The Balaban J connectivity index is 1.70. The maximum Gasteiger partial charge on any atom is 0.335 e. The van der Waals surface area contributed by atoms with Crippen LogP contribution in [0.15, 0.2) is 72.5 Å². The topological polar surface area (TPSA) is 106 Å². The third-order valence-corrected chi connectivity index (χ3v) is 6.27. The van der Waals surface area contributed by atoms with E-state index < -0.39 is 17.9 Å². The fraction of sp³-hybridized carbons (Fsp3) is 0.214. The Morgan fingerprint density at radius 2 is 1.56 bits per heavy atom. The Bertz CT molecular complexity index is 1300. The normalized spacial score (nSPS) is 15.2. The summed E-state index contributed by atoms with van der Waals surface area (Å²) in [6.45, 7) is 0.309. The molecule has 1 amide bonds. The number of amides is 1. The van der Waals surface area contributed by atoms with Gasteiger partial charge in [-0.25, -0.2) is 4.79 Å². The molecule has 3 aromatic rings. The monoisotopic (exact) mass is 489 g/mol. The highest BCUT2D eigenvalue weighted by molar-refractivity contribution is 6.05. The summed E-state index contributed by atoms with van der Waals surface area (Å²) in [5.41, 5.74) is 2.88. The van der Waals surface area contributed by atoms with Gasteiger partial charge in [-0.3, -0.25) is 4.79 Å². The van der Waals surface area contributed by atoms with Gasteiger partial charge in [0.25, 0.3) is 5.91 Å². The first-order valence-corrected chi connectivity index (χ1v) is 11.3. The molecular formula is C28H27NO7. The number of aliphatic hydroxyl groups is 1. The maximum atomic E-state index is 13.3. The lowest BCUT2D eigenvalue weighted by Gasteiger charge is -2.27. The van der Waals surface area contributed by atoms with Gasteiger partial charge in [-0.15, -0.1) is 0 Å². The molecule has 0 aromatic heterocycles. The van der Waals surface area contributed by atoms with Crippen molar-refractivity contribution >= 4 is 17.4 Å². The van der Waals surface area contributed by atoms with Crippen molar-refractivity contribution in [1.29, 1.82) is 0 Å². The van der Waals surface area contributed by atoms with Crippen molar-refractivity contribution in [3.8, 4) is 17.2 Å². The van der Waals surface area contributed by atoms with Crippen LogP contribution in [0.1, 0.15) is 33.1 Å². The van der Waals surface area contributed by atoms with E-state index in [1.165, 1.54) is 12.1 Å². The highest BCUT2D eigenvalue weighted by Crippen LogP contribution is 2.43. The molecule has 0 aliphatic carbocycles. The first kappa shape index (κ1) is 24.7. The molecule has 1 heterocycles. The van der Waals surface area contributed by atoms with Crippen molar-refractivity contribution in [2.45, 2.75) is 12.5 Å². The predicted molar refractivity (Wildman–Crippen MR) is 134 cm³/mol. The minimum absolute atomic E-state index is 0.138. The lowest BCUT2D eigenvalue weighted by Crippen LogP contribution is -2.32. The number of ether oxygens (including phenoxy) is 3. The molecule has 0 saturated carbocycles. The molecular weight excluding hydrogens is 462 g/mol. The van der Waals surface area contributed by atoms with Gasteiger partial charge in [0.1, 0.15) is 5.75 Å². The van der Waals surface area contributed by atoms with Gasteiger partial charge in [0.05, 0.1) is 32.9 Å². The van der Waals surface area contributed by atoms with Crippen LogP contribution in [-0.2, 0) is 11.2 Å². The molecule has 4 rings (SSSR count). The number of nitrogens with zero attached hydrogens (tertiary/aromatic N) is 1. The summed E-state index contributed by atoms with van der Waals surface area (Å²) >= 11 is 0. The van der Waals surface area contributed by atoms with Gasteiger partial charge in [-0.05, 0) is 59.5 Å². The van der Waals surface area contributed by atoms with Crippen LogP contribution in [-0.4, -0.2) is 54.9 Å². The number of aromatic carboxylic acids is 1. The summed E-state index contributed by atoms with van der Waals surface area (Å²) in [5, 5.41) is 20.3. The van der Waals surface area contributed by atoms with Crippen molar-refractivity contribution in [3.05, 3.63) is 94.7 Å². The van der Waals surface area contributed by atoms with Crippen molar-refractivity contribution < 1.29 is 34.0 Å². The molecule has 8 heteroatoms. The zero-order chi connectivity index (χ0) is 25.8. The van der Waals surface area contributed by atoms with Crippen molar-refractivity contribution in [1.82, 2.24) is 4.90 Å². The average molecular weight is 490 g/mol. The maximum absolute atomic E-state index is 13.3. The molecule has 0 bridgehead atoms. The van der Waals surface area contributed by atoms with Gasteiger partial charge in [0.15, 0.2) is 17.3 Å². The number of carboxylic acid groups (broad SMARTS) is 1. The molecule has 36 heavy (non-hydrogen) atoms. The summed E-state index contributed by atoms with van der Waals surface area (Å²) in [4.78, 5) is 26.2. The molecule has 1 aliphatic rings. The number of carbonyl (C=O) groups excluding carboxylic acids is 1. The highest BCUT2D eigenvalue weighted by atomic mass is 16.5. The molecule has 0 unspecified atom stereocenters. The lowest BCUT2D eigenvalue weighted by molar-refractivity contribution is -0.129. The minimum atomic E-state index is -1.04. The van der Waals surface area contributed by atoms with E-state index in [9.17, 15) is 19.8 Å². The highest BCUT2D eigenvalue weighted by Gasteiger charge is 2.40. The van der Waals surface area contributed by atoms with Crippen LogP contribution in [0.5, 0.6) is 17.2 Å². The van der Waals surface area contributed by atoms with Crippen LogP contribution in [0.2, 0.25) is 0 Å².